The molecule has 4 heteroatoms. The van der Waals surface area contributed by atoms with Crippen LogP contribution in [0.2, 0.25) is 0 Å². The zero-order valence-corrected chi connectivity index (χ0v) is 10.3. The number of halogens is 2. The van der Waals surface area contributed by atoms with E-state index in [9.17, 15) is 8.78 Å². The van der Waals surface area contributed by atoms with Crippen LogP contribution in [-0.2, 0) is 11.2 Å². The van der Waals surface area contributed by atoms with E-state index in [-0.39, 0.29) is 6.04 Å². The Kier molecular flexibility index (Phi) is 6.08. The molecule has 1 N–H and O–H groups in total. The summed E-state index contributed by atoms with van der Waals surface area (Å²) in [6.45, 7) is 3.44. The average molecular weight is 243 g/mol. The molecule has 0 heterocycles. The number of hydrogen-bond acceptors (Lipinski definition) is 2. The molecule has 0 radical (unpaired) electrons. The van der Waals surface area contributed by atoms with E-state index in [1.165, 1.54) is 12.1 Å². The van der Waals surface area contributed by atoms with Crippen LogP contribution in [0.5, 0.6) is 0 Å². The molecule has 0 aromatic heterocycles. The highest BCUT2D eigenvalue weighted by atomic mass is 19.1. The summed E-state index contributed by atoms with van der Waals surface area (Å²) in [5, 5.41) is 3.27. The number of likely N-dealkylation sites (N-methyl/N-ethyl adjacent to an activating group) is 1. The van der Waals surface area contributed by atoms with Gasteiger partial charge in [0.25, 0.3) is 0 Å². The Morgan fingerprint density at radius 2 is 2.12 bits per heavy atom. The second kappa shape index (κ2) is 7.35. The van der Waals surface area contributed by atoms with E-state index in [1.807, 2.05) is 6.92 Å². The van der Waals surface area contributed by atoms with Gasteiger partial charge in [-0.05, 0) is 31.0 Å². The van der Waals surface area contributed by atoms with Gasteiger partial charge in [0.1, 0.15) is 11.6 Å². The standard InChI is InChI=1S/C13H19F2NO/c1-3-16-12(6-7-17-2)8-10-4-5-11(14)9-13(10)15/h4-5,9,12,16H,3,6-8H2,1-2H3. The number of benzene rings is 1. The molecule has 17 heavy (non-hydrogen) atoms. The summed E-state index contributed by atoms with van der Waals surface area (Å²) < 4.78 is 31.2. The fraction of sp³-hybridized carbons (Fsp3) is 0.538. The van der Waals surface area contributed by atoms with Crippen molar-refractivity contribution in [3.8, 4) is 0 Å². The molecule has 0 bridgehead atoms. The van der Waals surface area contributed by atoms with Gasteiger partial charge >= 0.3 is 0 Å². The van der Waals surface area contributed by atoms with Crippen molar-refractivity contribution >= 4 is 0 Å². The SMILES string of the molecule is CCNC(CCOC)Cc1ccc(F)cc1F. The van der Waals surface area contributed by atoms with E-state index in [4.69, 9.17) is 4.74 Å². The highest BCUT2D eigenvalue weighted by Crippen LogP contribution is 2.13. The molecule has 0 aliphatic heterocycles. The van der Waals surface area contributed by atoms with Gasteiger partial charge < -0.3 is 10.1 Å². The monoisotopic (exact) mass is 243 g/mol. The van der Waals surface area contributed by atoms with Crippen molar-refractivity contribution in [2.45, 2.75) is 25.8 Å². The Hall–Kier alpha value is -1.00. The summed E-state index contributed by atoms with van der Waals surface area (Å²) in [6, 6.07) is 3.87. The van der Waals surface area contributed by atoms with Crippen molar-refractivity contribution in [3.63, 3.8) is 0 Å². The Balaban J connectivity index is 2.64. The van der Waals surface area contributed by atoms with Crippen LogP contribution >= 0.6 is 0 Å². The fourth-order valence-corrected chi connectivity index (χ4v) is 1.78. The molecule has 1 rings (SSSR count). The van der Waals surface area contributed by atoms with Crippen LogP contribution in [-0.4, -0.2) is 26.3 Å². The van der Waals surface area contributed by atoms with Gasteiger partial charge in [0.2, 0.25) is 0 Å². The van der Waals surface area contributed by atoms with Crippen molar-refractivity contribution in [2.24, 2.45) is 0 Å². The van der Waals surface area contributed by atoms with Gasteiger partial charge in [-0.2, -0.15) is 0 Å². The topological polar surface area (TPSA) is 21.3 Å². The molecule has 0 fully saturated rings. The third-order valence-corrected chi connectivity index (χ3v) is 2.64. The Labute approximate surface area is 101 Å². The highest BCUT2D eigenvalue weighted by Gasteiger charge is 2.11. The Morgan fingerprint density at radius 3 is 2.71 bits per heavy atom. The maximum atomic E-state index is 13.5. The first-order valence-corrected chi connectivity index (χ1v) is 5.83. The lowest BCUT2D eigenvalue weighted by molar-refractivity contribution is 0.182. The van der Waals surface area contributed by atoms with Crippen LogP contribution in [0.25, 0.3) is 0 Å². The summed E-state index contributed by atoms with van der Waals surface area (Å²) in [7, 11) is 1.64. The number of nitrogens with one attached hydrogen (secondary N) is 1. The second-order valence-corrected chi connectivity index (χ2v) is 3.98. The summed E-state index contributed by atoms with van der Waals surface area (Å²) in [5.74, 6) is -1.02. The minimum atomic E-state index is -0.539. The molecule has 0 saturated heterocycles. The normalized spacial score (nSPS) is 12.7. The lowest BCUT2D eigenvalue weighted by Crippen LogP contribution is -2.32. The van der Waals surface area contributed by atoms with Crippen LogP contribution in [0.4, 0.5) is 8.78 Å². The van der Waals surface area contributed by atoms with Crippen LogP contribution in [0.15, 0.2) is 18.2 Å². The predicted octanol–water partition coefficient (Wildman–Crippen LogP) is 2.52. The summed E-state index contributed by atoms with van der Waals surface area (Å²) in [6.07, 6.45) is 1.35. The van der Waals surface area contributed by atoms with Crippen molar-refractivity contribution < 1.29 is 13.5 Å². The molecule has 2 nitrogen and oxygen atoms in total. The van der Waals surface area contributed by atoms with Crippen molar-refractivity contribution in [3.05, 3.63) is 35.4 Å². The van der Waals surface area contributed by atoms with E-state index < -0.39 is 11.6 Å². The largest absolute Gasteiger partial charge is 0.385 e. The van der Waals surface area contributed by atoms with Crippen molar-refractivity contribution in [1.29, 1.82) is 0 Å². The van der Waals surface area contributed by atoms with E-state index in [1.54, 1.807) is 7.11 Å². The Morgan fingerprint density at radius 1 is 1.35 bits per heavy atom. The van der Waals surface area contributed by atoms with E-state index >= 15 is 0 Å². The van der Waals surface area contributed by atoms with Crippen LogP contribution in [0.3, 0.4) is 0 Å². The van der Waals surface area contributed by atoms with Crippen molar-refractivity contribution in [2.75, 3.05) is 20.3 Å². The molecule has 0 aliphatic rings. The zero-order valence-electron chi connectivity index (χ0n) is 10.3. The Bertz CT molecular complexity index is 344. The van der Waals surface area contributed by atoms with Gasteiger partial charge in [0.15, 0.2) is 0 Å². The lowest BCUT2D eigenvalue weighted by Gasteiger charge is -2.17. The molecule has 1 aromatic carbocycles. The summed E-state index contributed by atoms with van der Waals surface area (Å²) in [4.78, 5) is 0. The van der Waals surface area contributed by atoms with Gasteiger partial charge in [0.05, 0.1) is 0 Å². The lowest BCUT2D eigenvalue weighted by atomic mass is 10.0. The second-order valence-electron chi connectivity index (χ2n) is 3.98. The zero-order chi connectivity index (χ0) is 12.7. The fourth-order valence-electron chi connectivity index (χ4n) is 1.78. The molecular formula is C13H19F2NO. The van der Waals surface area contributed by atoms with E-state index in [0.717, 1.165) is 19.0 Å². The van der Waals surface area contributed by atoms with Gasteiger partial charge in [-0.25, -0.2) is 8.78 Å². The third-order valence-electron chi connectivity index (χ3n) is 2.64. The molecule has 0 spiro atoms. The maximum absolute atomic E-state index is 13.5. The van der Waals surface area contributed by atoms with Gasteiger partial charge in [0, 0.05) is 25.8 Å². The van der Waals surface area contributed by atoms with Crippen LogP contribution < -0.4 is 5.32 Å². The van der Waals surface area contributed by atoms with E-state index in [0.29, 0.717) is 18.6 Å². The first-order valence-electron chi connectivity index (χ1n) is 5.83. The van der Waals surface area contributed by atoms with Gasteiger partial charge in [-0.1, -0.05) is 13.0 Å². The highest BCUT2D eigenvalue weighted by molar-refractivity contribution is 5.19. The third kappa shape index (κ3) is 4.79. The van der Waals surface area contributed by atoms with Crippen LogP contribution in [0.1, 0.15) is 18.9 Å². The molecule has 1 aromatic rings. The molecule has 96 valence electrons. The van der Waals surface area contributed by atoms with Gasteiger partial charge in [-0.3, -0.25) is 0 Å². The molecule has 0 amide bonds. The maximum Gasteiger partial charge on any atom is 0.129 e. The quantitative estimate of drug-likeness (QED) is 0.794. The molecule has 0 saturated carbocycles. The summed E-state index contributed by atoms with van der Waals surface area (Å²) >= 11 is 0. The predicted molar refractivity (Wildman–Crippen MR) is 64.0 cm³/mol. The van der Waals surface area contributed by atoms with Crippen LogP contribution in [0, 0.1) is 11.6 Å². The number of ether oxygens (including phenoxy) is 1. The minimum absolute atomic E-state index is 0.153. The number of rotatable bonds is 7. The first-order chi connectivity index (χ1) is 8.17. The molecule has 0 aliphatic carbocycles. The number of hydrogen-bond donors (Lipinski definition) is 1. The minimum Gasteiger partial charge on any atom is -0.385 e. The first kappa shape index (κ1) is 14.1. The number of methoxy groups -OCH3 is 1. The van der Waals surface area contributed by atoms with Gasteiger partial charge in [-0.15, -0.1) is 0 Å². The molecule has 1 unspecified atom stereocenters. The van der Waals surface area contributed by atoms with E-state index in [2.05, 4.69) is 5.32 Å². The molecular weight excluding hydrogens is 224 g/mol. The molecule has 1 atom stereocenters. The average Bonchev–Trinajstić information content (AvgIpc) is 2.29. The van der Waals surface area contributed by atoms with Crippen molar-refractivity contribution in [1.82, 2.24) is 5.32 Å². The summed E-state index contributed by atoms with van der Waals surface area (Å²) in [5.41, 5.74) is 0.536. The smallest absolute Gasteiger partial charge is 0.129 e.